The van der Waals surface area contributed by atoms with Crippen molar-refractivity contribution in [2.75, 3.05) is 24.7 Å². The molecule has 0 saturated heterocycles. The first-order valence-electron chi connectivity index (χ1n) is 8.96. The molecule has 3 rings (SSSR count). The van der Waals surface area contributed by atoms with Gasteiger partial charge in [-0.3, -0.25) is 0 Å². The SMILES string of the molecule is CNS(=O)(=O)c1ccc(N(C)C2CCCCC2)c(-c2cccc(N)n2)c1. The van der Waals surface area contributed by atoms with Gasteiger partial charge in [-0.2, -0.15) is 0 Å². The van der Waals surface area contributed by atoms with E-state index in [1.165, 1.54) is 26.3 Å². The molecule has 2 aromatic rings. The first-order chi connectivity index (χ1) is 12.4. The first-order valence-corrected chi connectivity index (χ1v) is 10.4. The first kappa shape index (κ1) is 18.7. The average molecular weight is 375 g/mol. The quantitative estimate of drug-likeness (QED) is 0.840. The Bertz CT molecular complexity index is 877. The summed E-state index contributed by atoms with van der Waals surface area (Å²) in [5.74, 6) is 0.413. The molecule has 0 unspecified atom stereocenters. The predicted octanol–water partition coefficient (Wildman–Crippen LogP) is 3.01. The lowest BCUT2D eigenvalue weighted by atomic mass is 9.93. The number of pyridine rings is 1. The third-order valence-corrected chi connectivity index (χ3v) is 6.51. The van der Waals surface area contributed by atoms with E-state index in [1.807, 2.05) is 18.2 Å². The fourth-order valence-corrected chi connectivity index (χ4v) is 4.34. The second-order valence-electron chi connectivity index (χ2n) is 6.74. The molecule has 7 heteroatoms. The molecule has 0 aliphatic heterocycles. The van der Waals surface area contributed by atoms with Crippen LogP contribution >= 0.6 is 0 Å². The molecule has 26 heavy (non-hydrogen) atoms. The number of rotatable bonds is 5. The number of sulfonamides is 1. The normalized spacial score (nSPS) is 15.8. The maximum Gasteiger partial charge on any atom is 0.240 e. The van der Waals surface area contributed by atoms with Crippen molar-refractivity contribution in [2.45, 2.75) is 43.0 Å². The molecule has 0 atom stereocenters. The lowest BCUT2D eigenvalue weighted by molar-refractivity contribution is 0.428. The van der Waals surface area contributed by atoms with E-state index in [1.54, 1.807) is 18.2 Å². The highest BCUT2D eigenvalue weighted by Crippen LogP contribution is 2.35. The van der Waals surface area contributed by atoms with E-state index in [-0.39, 0.29) is 4.90 Å². The minimum Gasteiger partial charge on any atom is -0.384 e. The number of hydrogen-bond acceptors (Lipinski definition) is 5. The van der Waals surface area contributed by atoms with E-state index < -0.39 is 10.0 Å². The topological polar surface area (TPSA) is 88.3 Å². The van der Waals surface area contributed by atoms with Crippen LogP contribution in [0.1, 0.15) is 32.1 Å². The molecule has 1 heterocycles. The van der Waals surface area contributed by atoms with E-state index in [0.717, 1.165) is 24.1 Å². The summed E-state index contributed by atoms with van der Waals surface area (Å²) in [6.07, 6.45) is 6.04. The lowest BCUT2D eigenvalue weighted by Gasteiger charge is -2.34. The summed E-state index contributed by atoms with van der Waals surface area (Å²) in [6.45, 7) is 0. The fourth-order valence-electron chi connectivity index (χ4n) is 3.58. The molecule has 1 aliphatic rings. The second-order valence-corrected chi connectivity index (χ2v) is 8.62. The Morgan fingerprint density at radius 3 is 2.54 bits per heavy atom. The molecular weight excluding hydrogens is 348 g/mol. The van der Waals surface area contributed by atoms with Gasteiger partial charge in [0, 0.05) is 24.3 Å². The summed E-state index contributed by atoms with van der Waals surface area (Å²) < 4.78 is 26.9. The molecule has 1 aromatic heterocycles. The van der Waals surface area contributed by atoms with E-state index in [0.29, 0.717) is 17.6 Å². The number of hydrogen-bond donors (Lipinski definition) is 2. The van der Waals surface area contributed by atoms with Crippen molar-refractivity contribution >= 4 is 21.5 Å². The molecular formula is C19H26N4O2S. The highest BCUT2D eigenvalue weighted by atomic mass is 32.2. The highest BCUT2D eigenvalue weighted by Gasteiger charge is 2.23. The zero-order valence-electron chi connectivity index (χ0n) is 15.3. The number of anilines is 2. The maximum absolute atomic E-state index is 12.3. The van der Waals surface area contributed by atoms with Gasteiger partial charge >= 0.3 is 0 Å². The van der Waals surface area contributed by atoms with Crippen LogP contribution in [0.4, 0.5) is 11.5 Å². The van der Waals surface area contributed by atoms with E-state index in [2.05, 4.69) is 21.7 Å². The summed E-state index contributed by atoms with van der Waals surface area (Å²) in [5.41, 5.74) is 8.29. The van der Waals surface area contributed by atoms with Crippen molar-refractivity contribution < 1.29 is 8.42 Å². The van der Waals surface area contributed by atoms with E-state index in [9.17, 15) is 8.42 Å². The van der Waals surface area contributed by atoms with Crippen LogP contribution in [-0.4, -0.2) is 33.5 Å². The van der Waals surface area contributed by atoms with Crippen molar-refractivity contribution in [3.63, 3.8) is 0 Å². The minimum absolute atomic E-state index is 0.222. The summed E-state index contributed by atoms with van der Waals surface area (Å²) in [7, 11) is -0.0444. The van der Waals surface area contributed by atoms with Crippen LogP contribution in [0.3, 0.4) is 0 Å². The Labute approximate surface area is 155 Å². The van der Waals surface area contributed by atoms with Gasteiger partial charge in [0.15, 0.2) is 0 Å². The van der Waals surface area contributed by atoms with Crippen molar-refractivity contribution in [2.24, 2.45) is 0 Å². The Kier molecular flexibility index (Phi) is 5.48. The van der Waals surface area contributed by atoms with Gasteiger partial charge in [-0.1, -0.05) is 25.3 Å². The molecule has 140 valence electrons. The smallest absolute Gasteiger partial charge is 0.240 e. The summed E-state index contributed by atoms with van der Waals surface area (Å²) in [4.78, 5) is 6.90. The Balaban J connectivity index is 2.11. The van der Waals surface area contributed by atoms with Crippen LogP contribution in [0.2, 0.25) is 0 Å². The van der Waals surface area contributed by atoms with Crippen molar-refractivity contribution in [1.29, 1.82) is 0 Å². The molecule has 0 bridgehead atoms. The highest BCUT2D eigenvalue weighted by molar-refractivity contribution is 7.89. The molecule has 1 aromatic carbocycles. The summed E-state index contributed by atoms with van der Waals surface area (Å²) in [6, 6.07) is 11.1. The van der Waals surface area contributed by atoms with Crippen LogP contribution in [0.25, 0.3) is 11.3 Å². The van der Waals surface area contributed by atoms with Gasteiger partial charge in [0.1, 0.15) is 5.82 Å². The van der Waals surface area contributed by atoms with Crippen molar-refractivity contribution in [3.8, 4) is 11.3 Å². The number of nitrogens with two attached hydrogens (primary N) is 1. The van der Waals surface area contributed by atoms with Gasteiger partial charge < -0.3 is 10.6 Å². The molecule has 1 fully saturated rings. The van der Waals surface area contributed by atoms with Crippen LogP contribution in [-0.2, 0) is 10.0 Å². The second kappa shape index (κ2) is 7.63. The van der Waals surface area contributed by atoms with Crippen LogP contribution in [0.15, 0.2) is 41.3 Å². The van der Waals surface area contributed by atoms with Gasteiger partial charge in [0.2, 0.25) is 10.0 Å². The van der Waals surface area contributed by atoms with Crippen LogP contribution < -0.4 is 15.4 Å². The van der Waals surface area contributed by atoms with Gasteiger partial charge in [-0.25, -0.2) is 18.1 Å². The third kappa shape index (κ3) is 3.83. The van der Waals surface area contributed by atoms with Crippen LogP contribution in [0, 0.1) is 0 Å². The largest absolute Gasteiger partial charge is 0.384 e. The standard InChI is InChI=1S/C19H26N4O2S/c1-21-26(24,25)15-11-12-18(23(2)14-7-4-3-5-8-14)16(13-15)17-9-6-10-19(20)22-17/h6,9-14,21H,3-5,7-8H2,1-2H3,(H2,20,22). The predicted molar refractivity (Wildman–Crippen MR) is 106 cm³/mol. The number of nitrogens with one attached hydrogen (secondary N) is 1. The van der Waals surface area contributed by atoms with Gasteiger partial charge in [0.25, 0.3) is 0 Å². The fraction of sp³-hybridized carbons (Fsp3) is 0.421. The molecule has 0 radical (unpaired) electrons. The molecule has 1 aliphatic carbocycles. The molecule has 1 saturated carbocycles. The zero-order valence-corrected chi connectivity index (χ0v) is 16.1. The number of nitrogens with zero attached hydrogens (tertiary/aromatic N) is 2. The number of benzene rings is 1. The molecule has 3 N–H and O–H groups in total. The monoisotopic (exact) mass is 374 g/mol. The van der Waals surface area contributed by atoms with Gasteiger partial charge in [-0.05, 0) is 50.2 Å². The van der Waals surface area contributed by atoms with E-state index in [4.69, 9.17) is 5.73 Å². The van der Waals surface area contributed by atoms with Crippen molar-refractivity contribution in [1.82, 2.24) is 9.71 Å². The number of nitrogen functional groups attached to an aromatic ring is 1. The van der Waals surface area contributed by atoms with Gasteiger partial charge in [-0.15, -0.1) is 0 Å². The van der Waals surface area contributed by atoms with E-state index >= 15 is 0 Å². The summed E-state index contributed by atoms with van der Waals surface area (Å²) in [5, 5.41) is 0. The van der Waals surface area contributed by atoms with Crippen molar-refractivity contribution in [3.05, 3.63) is 36.4 Å². The Morgan fingerprint density at radius 1 is 1.15 bits per heavy atom. The van der Waals surface area contributed by atoms with Gasteiger partial charge in [0.05, 0.1) is 10.6 Å². The average Bonchev–Trinajstić information content (AvgIpc) is 2.67. The van der Waals surface area contributed by atoms with Crippen LogP contribution in [0.5, 0.6) is 0 Å². The Hall–Kier alpha value is -2.12. The Morgan fingerprint density at radius 2 is 1.88 bits per heavy atom. The summed E-state index contributed by atoms with van der Waals surface area (Å²) >= 11 is 0. The lowest BCUT2D eigenvalue weighted by Crippen LogP contribution is -2.33. The molecule has 0 spiro atoms. The molecule has 6 nitrogen and oxygen atoms in total. The zero-order chi connectivity index (χ0) is 18.7. The number of aromatic nitrogens is 1. The minimum atomic E-state index is -3.53. The maximum atomic E-state index is 12.3. The molecule has 0 amide bonds. The third-order valence-electron chi connectivity index (χ3n) is 5.10.